The normalized spacial score (nSPS) is 15.2. The highest BCUT2D eigenvalue weighted by Gasteiger charge is 2.25. The Kier molecular flexibility index (Phi) is 8.22. The van der Waals surface area contributed by atoms with Crippen molar-refractivity contribution >= 4 is 17.5 Å². The lowest BCUT2D eigenvalue weighted by molar-refractivity contribution is 0.00337. The standard InChI is InChI=1S/C28H31ClN2O3/c1-21-5-3-7-24(17-21)28(32)31-15-13-30(14-16-31)19-27(23-9-11-25(29)12-10-23)34-20-22-6-4-8-26(18-22)33-2/h3-12,17-18,27H,13-16,19-20H2,1-2H3/t27-/m1/s1. The van der Waals surface area contributed by atoms with Crippen LogP contribution in [0, 0.1) is 6.92 Å². The zero-order chi connectivity index (χ0) is 23.9. The van der Waals surface area contributed by atoms with Gasteiger partial charge in [0, 0.05) is 43.3 Å². The van der Waals surface area contributed by atoms with Gasteiger partial charge in [-0.15, -0.1) is 0 Å². The van der Waals surface area contributed by atoms with Crippen molar-refractivity contribution in [1.29, 1.82) is 0 Å². The number of halogens is 1. The fourth-order valence-electron chi connectivity index (χ4n) is 4.22. The lowest BCUT2D eigenvalue weighted by Crippen LogP contribution is -2.49. The minimum atomic E-state index is -0.109. The van der Waals surface area contributed by atoms with E-state index in [2.05, 4.69) is 4.90 Å². The molecule has 0 bridgehead atoms. The highest BCUT2D eigenvalue weighted by molar-refractivity contribution is 6.30. The number of aryl methyl sites for hydroxylation is 1. The zero-order valence-electron chi connectivity index (χ0n) is 19.7. The smallest absolute Gasteiger partial charge is 0.253 e. The van der Waals surface area contributed by atoms with Crippen molar-refractivity contribution < 1.29 is 14.3 Å². The number of hydrogen-bond acceptors (Lipinski definition) is 4. The summed E-state index contributed by atoms with van der Waals surface area (Å²) in [6.07, 6.45) is -0.109. The van der Waals surface area contributed by atoms with Crippen molar-refractivity contribution in [3.63, 3.8) is 0 Å². The van der Waals surface area contributed by atoms with E-state index in [4.69, 9.17) is 21.1 Å². The number of carbonyl (C=O) groups excluding carboxylic acids is 1. The van der Waals surface area contributed by atoms with Gasteiger partial charge in [0.15, 0.2) is 0 Å². The van der Waals surface area contributed by atoms with Crippen molar-refractivity contribution in [2.45, 2.75) is 19.6 Å². The fraction of sp³-hybridized carbons (Fsp3) is 0.321. The minimum absolute atomic E-state index is 0.104. The third-order valence-corrected chi connectivity index (χ3v) is 6.43. The molecular formula is C28H31ClN2O3. The number of piperazine rings is 1. The largest absolute Gasteiger partial charge is 0.497 e. The average Bonchev–Trinajstić information content (AvgIpc) is 2.87. The molecule has 1 fully saturated rings. The highest BCUT2D eigenvalue weighted by Crippen LogP contribution is 2.24. The van der Waals surface area contributed by atoms with E-state index in [0.29, 0.717) is 24.7 Å². The maximum absolute atomic E-state index is 12.9. The first-order valence-corrected chi connectivity index (χ1v) is 12.0. The first-order valence-electron chi connectivity index (χ1n) is 11.6. The summed E-state index contributed by atoms with van der Waals surface area (Å²) in [7, 11) is 1.67. The Bertz CT molecular complexity index is 1090. The average molecular weight is 479 g/mol. The molecule has 0 N–H and O–H groups in total. The van der Waals surface area contributed by atoms with Crippen LogP contribution in [0.25, 0.3) is 0 Å². The van der Waals surface area contributed by atoms with Gasteiger partial charge >= 0.3 is 0 Å². The number of hydrogen-bond donors (Lipinski definition) is 0. The number of nitrogens with zero attached hydrogens (tertiary/aromatic N) is 2. The molecule has 1 amide bonds. The number of carbonyl (C=O) groups is 1. The van der Waals surface area contributed by atoms with Crippen LogP contribution in [0.4, 0.5) is 0 Å². The number of ether oxygens (including phenoxy) is 2. The molecule has 1 aliphatic rings. The monoisotopic (exact) mass is 478 g/mol. The summed E-state index contributed by atoms with van der Waals surface area (Å²) in [4.78, 5) is 17.2. The number of amides is 1. The van der Waals surface area contributed by atoms with Crippen molar-refractivity contribution in [2.24, 2.45) is 0 Å². The Balaban J connectivity index is 1.39. The quantitative estimate of drug-likeness (QED) is 0.436. The van der Waals surface area contributed by atoms with E-state index in [1.807, 2.05) is 84.6 Å². The third-order valence-electron chi connectivity index (χ3n) is 6.18. The van der Waals surface area contributed by atoms with E-state index in [0.717, 1.165) is 47.6 Å². The molecule has 178 valence electrons. The SMILES string of the molecule is COc1cccc(CO[C@H](CN2CCN(C(=O)c3cccc(C)c3)CC2)c2ccc(Cl)cc2)c1. The van der Waals surface area contributed by atoms with Crippen molar-refractivity contribution in [3.8, 4) is 5.75 Å². The van der Waals surface area contributed by atoms with E-state index >= 15 is 0 Å². The summed E-state index contributed by atoms with van der Waals surface area (Å²) in [6, 6.07) is 23.6. The first kappa shape index (κ1) is 24.3. The Morgan fingerprint density at radius 2 is 1.71 bits per heavy atom. The molecule has 0 aliphatic carbocycles. The van der Waals surface area contributed by atoms with Crippen molar-refractivity contribution in [3.05, 3.63) is 100 Å². The lowest BCUT2D eigenvalue weighted by Gasteiger charge is -2.36. The van der Waals surface area contributed by atoms with E-state index in [1.165, 1.54) is 0 Å². The van der Waals surface area contributed by atoms with Crippen LogP contribution in [0.2, 0.25) is 5.02 Å². The molecule has 0 saturated carbocycles. The molecule has 0 unspecified atom stereocenters. The van der Waals surface area contributed by atoms with E-state index in [9.17, 15) is 4.79 Å². The Morgan fingerprint density at radius 1 is 0.971 bits per heavy atom. The van der Waals surface area contributed by atoms with Gasteiger partial charge in [0.1, 0.15) is 5.75 Å². The van der Waals surface area contributed by atoms with E-state index in [1.54, 1.807) is 7.11 Å². The van der Waals surface area contributed by atoms with Crippen LogP contribution in [-0.2, 0) is 11.3 Å². The molecule has 34 heavy (non-hydrogen) atoms. The predicted octanol–water partition coefficient (Wildman–Crippen LogP) is 5.37. The van der Waals surface area contributed by atoms with Crippen molar-refractivity contribution in [1.82, 2.24) is 9.80 Å². The van der Waals surface area contributed by atoms with Crippen LogP contribution in [0.5, 0.6) is 5.75 Å². The summed E-state index contributed by atoms with van der Waals surface area (Å²) in [5, 5.41) is 0.707. The molecule has 6 heteroatoms. The molecule has 4 rings (SSSR count). The second kappa shape index (κ2) is 11.5. The molecule has 0 spiro atoms. The van der Waals surface area contributed by atoms with Crippen LogP contribution in [0.3, 0.4) is 0 Å². The topological polar surface area (TPSA) is 42.0 Å². The van der Waals surface area contributed by atoms with Gasteiger partial charge in [-0.1, -0.05) is 53.6 Å². The predicted molar refractivity (Wildman–Crippen MR) is 135 cm³/mol. The summed E-state index contributed by atoms with van der Waals surface area (Å²) in [5.41, 5.74) is 4.01. The second-order valence-corrected chi connectivity index (χ2v) is 9.10. The van der Waals surface area contributed by atoms with Gasteiger partial charge in [-0.05, 0) is 54.4 Å². The molecule has 1 heterocycles. The van der Waals surface area contributed by atoms with Crippen LogP contribution in [-0.4, -0.2) is 55.5 Å². The minimum Gasteiger partial charge on any atom is -0.497 e. The summed E-state index contributed by atoms with van der Waals surface area (Å²) < 4.78 is 11.7. The van der Waals surface area contributed by atoms with Gasteiger partial charge in [0.25, 0.3) is 5.91 Å². The molecule has 1 saturated heterocycles. The molecule has 3 aromatic carbocycles. The third kappa shape index (κ3) is 6.38. The summed E-state index contributed by atoms with van der Waals surface area (Å²) in [6.45, 7) is 6.27. The number of rotatable bonds is 8. The first-order chi connectivity index (χ1) is 16.5. The van der Waals surface area contributed by atoms with E-state index in [-0.39, 0.29) is 12.0 Å². The second-order valence-electron chi connectivity index (χ2n) is 8.67. The van der Waals surface area contributed by atoms with Gasteiger partial charge in [0.2, 0.25) is 0 Å². The van der Waals surface area contributed by atoms with Gasteiger partial charge in [0.05, 0.1) is 19.8 Å². The molecule has 5 nitrogen and oxygen atoms in total. The fourth-order valence-corrected chi connectivity index (χ4v) is 4.35. The molecule has 1 aliphatic heterocycles. The number of methoxy groups -OCH3 is 1. The summed E-state index contributed by atoms with van der Waals surface area (Å²) in [5.74, 6) is 0.922. The lowest BCUT2D eigenvalue weighted by atomic mass is 10.1. The van der Waals surface area contributed by atoms with Crippen molar-refractivity contribution in [2.75, 3.05) is 39.8 Å². The van der Waals surface area contributed by atoms with Crippen LogP contribution in [0.15, 0.2) is 72.8 Å². The van der Waals surface area contributed by atoms with Crippen LogP contribution >= 0.6 is 11.6 Å². The molecule has 0 radical (unpaired) electrons. The van der Waals surface area contributed by atoms with Gasteiger partial charge in [-0.3, -0.25) is 9.69 Å². The molecule has 3 aromatic rings. The molecular weight excluding hydrogens is 448 g/mol. The molecule has 1 atom stereocenters. The zero-order valence-corrected chi connectivity index (χ0v) is 20.5. The highest BCUT2D eigenvalue weighted by atomic mass is 35.5. The Labute approximate surface area is 206 Å². The Hall–Kier alpha value is -2.86. The summed E-state index contributed by atoms with van der Waals surface area (Å²) >= 11 is 6.12. The van der Waals surface area contributed by atoms with Gasteiger partial charge < -0.3 is 14.4 Å². The molecule has 0 aromatic heterocycles. The Morgan fingerprint density at radius 3 is 2.41 bits per heavy atom. The maximum atomic E-state index is 12.9. The van der Waals surface area contributed by atoms with E-state index < -0.39 is 0 Å². The maximum Gasteiger partial charge on any atom is 0.253 e. The van der Waals surface area contributed by atoms with Crippen LogP contribution in [0.1, 0.15) is 33.2 Å². The number of benzene rings is 3. The van der Waals surface area contributed by atoms with Crippen LogP contribution < -0.4 is 4.74 Å². The van der Waals surface area contributed by atoms with Gasteiger partial charge in [-0.2, -0.15) is 0 Å². The van der Waals surface area contributed by atoms with Gasteiger partial charge in [-0.25, -0.2) is 0 Å².